The number of H-pyrrole nitrogens is 1. The Labute approximate surface area is 201 Å². The Balaban J connectivity index is 1.16. The third kappa shape index (κ3) is 4.38. The van der Waals surface area contributed by atoms with Gasteiger partial charge in [0.05, 0.1) is 0 Å². The smallest absolute Gasteiger partial charge is 0.274 e. The van der Waals surface area contributed by atoms with E-state index in [4.69, 9.17) is 4.74 Å². The van der Waals surface area contributed by atoms with Crippen LogP contribution < -0.4 is 5.32 Å². The van der Waals surface area contributed by atoms with E-state index in [-0.39, 0.29) is 28.6 Å². The number of aromatic nitrogens is 2. The number of nitrogens with one attached hydrogen (secondary N) is 2. The lowest BCUT2D eigenvalue weighted by Crippen LogP contribution is -2.46. The maximum absolute atomic E-state index is 13.2. The van der Waals surface area contributed by atoms with Crippen LogP contribution in [0.25, 0.3) is 0 Å². The van der Waals surface area contributed by atoms with Crippen molar-refractivity contribution in [1.82, 2.24) is 20.4 Å². The number of likely N-dealkylation sites (tertiary alicyclic amines) is 1. The maximum atomic E-state index is 13.2. The summed E-state index contributed by atoms with van der Waals surface area (Å²) < 4.78 is 5.63. The van der Waals surface area contributed by atoms with Gasteiger partial charge in [0.25, 0.3) is 5.91 Å². The zero-order valence-corrected chi connectivity index (χ0v) is 20.3. The van der Waals surface area contributed by atoms with Gasteiger partial charge in [0.2, 0.25) is 5.91 Å². The summed E-state index contributed by atoms with van der Waals surface area (Å²) >= 11 is 0. The van der Waals surface area contributed by atoms with E-state index in [9.17, 15) is 9.59 Å². The van der Waals surface area contributed by atoms with Crippen LogP contribution in [0, 0.1) is 11.3 Å². The summed E-state index contributed by atoms with van der Waals surface area (Å²) in [5.74, 6) is 0.543. The molecule has 34 heavy (non-hydrogen) atoms. The summed E-state index contributed by atoms with van der Waals surface area (Å²) in [6, 6.07) is 12.4. The lowest BCUT2D eigenvalue weighted by molar-refractivity contribution is -0.123. The highest BCUT2D eigenvalue weighted by Gasteiger charge is 2.59. The molecule has 1 aliphatic carbocycles. The number of piperidine rings is 1. The molecule has 7 heteroatoms. The van der Waals surface area contributed by atoms with E-state index < -0.39 is 0 Å². The van der Waals surface area contributed by atoms with Gasteiger partial charge in [-0.2, -0.15) is 5.10 Å². The second-order valence-electron chi connectivity index (χ2n) is 10.8. The second kappa shape index (κ2) is 9.17. The van der Waals surface area contributed by atoms with Gasteiger partial charge in [0, 0.05) is 49.9 Å². The van der Waals surface area contributed by atoms with E-state index in [0.717, 1.165) is 51.0 Å². The zero-order chi connectivity index (χ0) is 23.8. The molecule has 2 amide bonds. The number of benzene rings is 1. The van der Waals surface area contributed by atoms with Crippen LogP contribution in [0.2, 0.25) is 0 Å². The van der Waals surface area contributed by atoms with Gasteiger partial charge in [-0.15, -0.1) is 0 Å². The fourth-order valence-electron chi connectivity index (χ4n) is 5.83. The zero-order valence-electron chi connectivity index (χ0n) is 20.3. The Kier molecular flexibility index (Phi) is 6.23. The van der Waals surface area contributed by atoms with Crippen LogP contribution in [0.1, 0.15) is 73.6 Å². The Bertz CT molecular complexity index is 1020. The van der Waals surface area contributed by atoms with E-state index in [0.29, 0.717) is 31.2 Å². The predicted octanol–water partition coefficient (Wildman–Crippen LogP) is 3.64. The molecule has 182 valence electrons. The van der Waals surface area contributed by atoms with Crippen LogP contribution in [-0.2, 0) is 14.9 Å². The van der Waals surface area contributed by atoms with E-state index in [1.54, 1.807) is 0 Å². The third-order valence-electron chi connectivity index (χ3n) is 8.43. The highest BCUT2D eigenvalue weighted by Crippen LogP contribution is 2.59. The minimum absolute atomic E-state index is 0.0102. The number of amides is 2. The van der Waals surface area contributed by atoms with Gasteiger partial charge < -0.3 is 15.0 Å². The van der Waals surface area contributed by atoms with Gasteiger partial charge >= 0.3 is 0 Å². The van der Waals surface area contributed by atoms with Crippen LogP contribution in [0.4, 0.5) is 0 Å². The third-order valence-corrected chi connectivity index (χ3v) is 8.43. The van der Waals surface area contributed by atoms with Crippen molar-refractivity contribution in [3.63, 3.8) is 0 Å². The summed E-state index contributed by atoms with van der Waals surface area (Å²) in [6.45, 7) is 7.67. The van der Waals surface area contributed by atoms with Crippen molar-refractivity contribution in [3.05, 3.63) is 53.3 Å². The van der Waals surface area contributed by atoms with Crippen LogP contribution in [0.3, 0.4) is 0 Å². The summed E-state index contributed by atoms with van der Waals surface area (Å²) in [4.78, 5) is 27.9. The minimum Gasteiger partial charge on any atom is -0.381 e. The molecule has 3 heterocycles. The maximum Gasteiger partial charge on any atom is 0.274 e. The molecular weight excluding hydrogens is 428 g/mol. The first-order valence-corrected chi connectivity index (χ1v) is 12.7. The van der Waals surface area contributed by atoms with Crippen molar-refractivity contribution >= 4 is 11.8 Å². The Morgan fingerprint density at radius 3 is 2.50 bits per heavy atom. The monoisotopic (exact) mass is 464 g/mol. The van der Waals surface area contributed by atoms with Crippen LogP contribution in [-0.4, -0.2) is 59.8 Å². The van der Waals surface area contributed by atoms with Crippen LogP contribution in [0.15, 0.2) is 36.4 Å². The molecule has 2 aliphatic heterocycles. The first kappa shape index (κ1) is 23.1. The highest BCUT2D eigenvalue weighted by atomic mass is 16.5. The number of carbonyl (C=O) groups is 2. The normalized spacial score (nSPS) is 23.1. The van der Waals surface area contributed by atoms with Gasteiger partial charge in [-0.1, -0.05) is 44.2 Å². The van der Waals surface area contributed by atoms with Crippen LogP contribution >= 0.6 is 0 Å². The topological polar surface area (TPSA) is 87.3 Å². The second-order valence-corrected chi connectivity index (χ2v) is 10.8. The van der Waals surface area contributed by atoms with Crippen molar-refractivity contribution < 1.29 is 14.3 Å². The van der Waals surface area contributed by atoms with Gasteiger partial charge in [0.15, 0.2) is 0 Å². The molecule has 2 saturated heterocycles. The van der Waals surface area contributed by atoms with E-state index in [2.05, 4.69) is 53.6 Å². The fourth-order valence-corrected chi connectivity index (χ4v) is 5.83. The van der Waals surface area contributed by atoms with Crippen molar-refractivity contribution in [2.45, 2.75) is 57.3 Å². The SMILES string of the molecule is CC(C)c1cc(C(=O)N2CCC3(CC2)CC3C(=O)NCC2(c3ccccc3)CCOCC2)n[nH]1. The molecule has 1 unspecified atom stereocenters. The van der Waals surface area contributed by atoms with E-state index >= 15 is 0 Å². The Morgan fingerprint density at radius 1 is 1.15 bits per heavy atom. The lowest BCUT2D eigenvalue weighted by Gasteiger charge is -2.38. The summed E-state index contributed by atoms with van der Waals surface area (Å²) in [7, 11) is 0. The molecule has 7 nitrogen and oxygen atoms in total. The molecular formula is C27H36N4O3. The quantitative estimate of drug-likeness (QED) is 0.683. The average Bonchev–Trinajstić information content (AvgIpc) is 3.33. The minimum atomic E-state index is -0.0502. The summed E-state index contributed by atoms with van der Waals surface area (Å²) in [5, 5.41) is 10.5. The molecule has 3 fully saturated rings. The molecule has 1 aromatic heterocycles. The predicted molar refractivity (Wildman–Crippen MR) is 130 cm³/mol. The van der Waals surface area contributed by atoms with Gasteiger partial charge in [-0.25, -0.2) is 0 Å². The average molecular weight is 465 g/mol. The summed E-state index contributed by atoms with van der Waals surface area (Å²) in [5.41, 5.74) is 2.77. The lowest BCUT2D eigenvalue weighted by atomic mass is 9.74. The molecule has 2 aromatic rings. The molecule has 0 bridgehead atoms. The summed E-state index contributed by atoms with van der Waals surface area (Å²) in [6.07, 6.45) is 4.56. The number of hydrogen-bond donors (Lipinski definition) is 2. The molecule has 3 aliphatic rings. The fraction of sp³-hybridized carbons (Fsp3) is 0.593. The molecule has 1 spiro atoms. The molecule has 2 N–H and O–H groups in total. The van der Waals surface area contributed by atoms with Crippen molar-refractivity contribution in [2.75, 3.05) is 32.8 Å². The number of nitrogens with zero attached hydrogens (tertiary/aromatic N) is 2. The molecule has 1 atom stereocenters. The molecule has 1 saturated carbocycles. The molecule has 1 aromatic carbocycles. The van der Waals surface area contributed by atoms with Gasteiger partial charge in [-0.05, 0) is 55.1 Å². The van der Waals surface area contributed by atoms with Gasteiger partial charge in [0.1, 0.15) is 5.69 Å². The van der Waals surface area contributed by atoms with Crippen molar-refractivity contribution in [2.24, 2.45) is 11.3 Å². The van der Waals surface area contributed by atoms with Crippen molar-refractivity contribution in [1.29, 1.82) is 0 Å². The number of aromatic amines is 1. The van der Waals surface area contributed by atoms with Crippen molar-refractivity contribution in [3.8, 4) is 0 Å². The number of hydrogen-bond acceptors (Lipinski definition) is 4. The largest absolute Gasteiger partial charge is 0.381 e. The van der Waals surface area contributed by atoms with E-state index in [1.807, 2.05) is 17.0 Å². The first-order valence-electron chi connectivity index (χ1n) is 12.7. The van der Waals surface area contributed by atoms with E-state index in [1.165, 1.54) is 5.56 Å². The number of carbonyl (C=O) groups excluding carboxylic acids is 2. The van der Waals surface area contributed by atoms with Gasteiger partial charge in [-0.3, -0.25) is 14.7 Å². The van der Waals surface area contributed by atoms with Crippen LogP contribution in [0.5, 0.6) is 0 Å². The Morgan fingerprint density at radius 2 is 1.85 bits per heavy atom. The Hall–Kier alpha value is -2.67. The number of ether oxygens (including phenoxy) is 1. The standard InChI is InChI=1S/C27H36N4O3/c1-19(2)22-16-23(30-29-22)25(33)31-12-8-26(9-13-31)17-21(26)24(32)28-18-27(10-14-34-15-11-27)20-6-4-3-5-7-20/h3-7,16,19,21H,8-15,17-18H2,1-2H3,(H,28,32)(H,29,30). The molecule has 0 radical (unpaired) electrons. The highest BCUT2D eigenvalue weighted by molar-refractivity contribution is 5.92. The first-order chi connectivity index (χ1) is 16.4. The number of rotatable bonds is 6. The molecule has 5 rings (SSSR count).